The molecule has 0 aliphatic carbocycles. The molecule has 1 N–H and O–H groups in total. The minimum absolute atomic E-state index is 0.183. The first kappa shape index (κ1) is 17.9. The van der Waals surface area contributed by atoms with E-state index in [1.165, 1.54) is 0 Å². The van der Waals surface area contributed by atoms with Crippen molar-refractivity contribution < 1.29 is 14.3 Å². The first-order valence-corrected chi connectivity index (χ1v) is 8.19. The molecule has 2 aromatic carbocycles. The second-order valence-electron chi connectivity index (χ2n) is 5.91. The summed E-state index contributed by atoms with van der Waals surface area (Å²) in [5.41, 5.74) is 4.05. The van der Waals surface area contributed by atoms with Gasteiger partial charge in [-0.2, -0.15) is 0 Å². The highest BCUT2D eigenvalue weighted by Gasteiger charge is 2.16. The number of carbonyl (C=O) groups excluding carboxylic acids is 1. The molecule has 0 bridgehead atoms. The van der Waals surface area contributed by atoms with E-state index in [0.717, 1.165) is 33.9 Å². The zero-order chi connectivity index (χ0) is 17.7. The molecule has 2 rings (SSSR count). The van der Waals surface area contributed by atoms with Gasteiger partial charge in [-0.05, 0) is 81.6 Å². The lowest BCUT2D eigenvalue weighted by Crippen LogP contribution is -2.30. The van der Waals surface area contributed by atoms with Gasteiger partial charge in [0.15, 0.2) is 6.10 Å². The van der Waals surface area contributed by atoms with Crippen LogP contribution in [0.15, 0.2) is 36.4 Å². The smallest absolute Gasteiger partial charge is 0.265 e. The van der Waals surface area contributed by atoms with E-state index in [9.17, 15) is 4.79 Å². The summed E-state index contributed by atoms with van der Waals surface area (Å²) in [7, 11) is 0. The van der Waals surface area contributed by atoms with Crippen molar-refractivity contribution in [2.45, 2.75) is 40.7 Å². The second-order valence-corrected chi connectivity index (χ2v) is 5.91. The van der Waals surface area contributed by atoms with Gasteiger partial charge in [-0.1, -0.05) is 6.07 Å². The predicted octanol–water partition coefficient (Wildman–Crippen LogP) is 4.42. The van der Waals surface area contributed by atoms with Crippen LogP contribution in [0.1, 0.15) is 30.5 Å². The van der Waals surface area contributed by atoms with Gasteiger partial charge >= 0.3 is 0 Å². The largest absolute Gasteiger partial charge is 0.494 e. The number of ether oxygens (including phenoxy) is 2. The van der Waals surface area contributed by atoms with E-state index in [1.54, 1.807) is 6.92 Å². The Bertz CT molecular complexity index is 708. The number of hydrogen-bond donors (Lipinski definition) is 1. The highest BCUT2D eigenvalue weighted by atomic mass is 16.5. The van der Waals surface area contributed by atoms with Crippen LogP contribution >= 0.6 is 0 Å². The van der Waals surface area contributed by atoms with Gasteiger partial charge in [0, 0.05) is 5.69 Å². The first-order chi connectivity index (χ1) is 11.4. The fraction of sp³-hybridized carbons (Fsp3) is 0.350. The Balaban J connectivity index is 2.02. The number of carbonyl (C=O) groups is 1. The molecule has 4 heteroatoms. The summed E-state index contributed by atoms with van der Waals surface area (Å²) in [4.78, 5) is 12.3. The number of nitrogens with one attached hydrogen (secondary N) is 1. The summed E-state index contributed by atoms with van der Waals surface area (Å²) in [6.45, 7) is 10.4. The van der Waals surface area contributed by atoms with E-state index in [1.807, 2.05) is 58.0 Å². The zero-order valence-electron chi connectivity index (χ0n) is 15.0. The number of anilines is 1. The molecule has 0 saturated heterocycles. The lowest BCUT2D eigenvalue weighted by molar-refractivity contribution is -0.122. The summed E-state index contributed by atoms with van der Waals surface area (Å²) < 4.78 is 11.3. The Kier molecular flexibility index (Phi) is 5.85. The highest BCUT2D eigenvalue weighted by molar-refractivity contribution is 5.94. The fourth-order valence-corrected chi connectivity index (χ4v) is 2.41. The second kappa shape index (κ2) is 7.86. The molecule has 4 nitrogen and oxygen atoms in total. The molecule has 128 valence electrons. The van der Waals surface area contributed by atoms with Crippen molar-refractivity contribution in [3.8, 4) is 11.5 Å². The molecule has 2 aromatic rings. The molecule has 0 fully saturated rings. The van der Waals surface area contributed by atoms with Crippen molar-refractivity contribution in [1.29, 1.82) is 0 Å². The van der Waals surface area contributed by atoms with Crippen molar-refractivity contribution in [2.24, 2.45) is 0 Å². The van der Waals surface area contributed by atoms with Crippen LogP contribution in [0.2, 0.25) is 0 Å². The van der Waals surface area contributed by atoms with Crippen molar-refractivity contribution >= 4 is 11.6 Å². The maximum Gasteiger partial charge on any atom is 0.265 e. The van der Waals surface area contributed by atoms with E-state index in [4.69, 9.17) is 9.47 Å². The maximum atomic E-state index is 12.3. The molecule has 0 unspecified atom stereocenters. The summed E-state index contributed by atoms with van der Waals surface area (Å²) in [5, 5.41) is 2.86. The quantitative estimate of drug-likeness (QED) is 0.854. The number of benzene rings is 2. The number of aryl methyl sites for hydroxylation is 2. The van der Waals surface area contributed by atoms with E-state index in [2.05, 4.69) is 11.4 Å². The normalized spacial score (nSPS) is 11.7. The highest BCUT2D eigenvalue weighted by Crippen LogP contribution is 2.24. The molecule has 0 aromatic heterocycles. The number of rotatable bonds is 6. The molecule has 0 spiro atoms. The summed E-state index contributed by atoms with van der Waals surface area (Å²) in [6, 6.07) is 11.4. The van der Waals surface area contributed by atoms with Crippen LogP contribution in [-0.4, -0.2) is 18.6 Å². The fourth-order valence-electron chi connectivity index (χ4n) is 2.41. The molecule has 1 amide bonds. The van der Waals surface area contributed by atoms with Crippen LogP contribution in [0.5, 0.6) is 11.5 Å². The Hall–Kier alpha value is -2.49. The van der Waals surface area contributed by atoms with Crippen molar-refractivity contribution in [3.05, 3.63) is 53.1 Å². The van der Waals surface area contributed by atoms with E-state index in [0.29, 0.717) is 6.61 Å². The molecular formula is C20H25NO3. The van der Waals surface area contributed by atoms with Gasteiger partial charge in [-0.25, -0.2) is 0 Å². The topological polar surface area (TPSA) is 47.6 Å². The third kappa shape index (κ3) is 4.51. The van der Waals surface area contributed by atoms with Gasteiger partial charge in [0.1, 0.15) is 11.5 Å². The third-order valence-electron chi connectivity index (χ3n) is 3.87. The van der Waals surface area contributed by atoms with Gasteiger partial charge in [0.05, 0.1) is 6.61 Å². The molecule has 24 heavy (non-hydrogen) atoms. The Labute approximate surface area is 143 Å². The maximum absolute atomic E-state index is 12.3. The standard InChI is InChI=1S/C20H25NO3/c1-6-23-18-9-7-17(8-10-18)21-20(22)16(5)24-19-12-13(2)11-14(3)15(19)4/h7-12,16H,6H2,1-5H3,(H,21,22)/t16-/m0/s1. The predicted molar refractivity (Wildman–Crippen MR) is 97.0 cm³/mol. The lowest BCUT2D eigenvalue weighted by atomic mass is 10.1. The van der Waals surface area contributed by atoms with Crippen molar-refractivity contribution in [3.63, 3.8) is 0 Å². The van der Waals surface area contributed by atoms with Gasteiger partial charge in [-0.15, -0.1) is 0 Å². The summed E-state index contributed by atoms with van der Waals surface area (Å²) in [6.07, 6.45) is -0.587. The molecule has 0 saturated carbocycles. The molecule has 1 atom stereocenters. The van der Waals surface area contributed by atoms with Crippen LogP contribution in [0, 0.1) is 20.8 Å². The van der Waals surface area contributed by atoms with Crippen LogP contribution in [0.3, 0.4) is 0 Å². The third-order valence-corrected chi connectivity index (χ3v) is 3.87. The molecule has 0 radical (unpaired) electrons. The monoisotopic (exact) mass is 327 g/mol. The minimum atomic E-state index is -0.587. The molecule has 0 heterocycles. The summed E-state index contributed by atoms with van der Waals surface area (Å²) >= 11 is 0. The first-order valence-electron chi connectivity index (χ1n) is 8.19. The van der Waals surface area contributed by atoms with Crippen LogP contribution in [-0.2, 0) is 4.79 Å². The number of amides is 1. The average Bonchev–Trinajstić information content (AvgIpc) is 2.54. The van der Waals surface area contributed by atoms with Gasteiger partial charge < -0.3 is 14.8 Å². The lowest BCUT2D eigenvalue weighted by Gasteiger charge is -2.18. The summed E-state index contributed by atoms with van der Waals surface area (Å²) in [5.74, 6) is 1.35. The van der Waals surface area contributed by atoms with E-state index >= 15 is 0 Å². The minimum Gasteiger partial charge on any atom is -0.494 e. The molecule has 0 aliphatic heterocycles. The van der Waals surface area contributed by atoms with Crippen molar-refractivity contribution in [1.82, 2.24) is 0 Å². The van der Waals surface area contributed by atoms with Gasteiger partial charge in [-0.3, -0.25) is 4.79 Å². The van der Waals surface area contributed by atoms with E-state index in [-0.39, 0.29) is 5.91 Å². The number of hydrogen-bond acceptors (Lipinski definition) is 3. The van der Waals surface area contributed by atoms with Crippen molar-refractivity contribution in [2.75, 3.05) is 11.9 Å². The van der Waals surface area contributed by atoms with Crippen LogP contribution in [0.4, 0.5) is 5.69 Å². The molecular weight excluding hydrogens is 302 g/mol. The Morgan fingerprint density at radius 1 is 1.12 bits per heavy atom. The Morgan fingerprint density at radius 2 is 1.79 bits per heavy atom. The van der Waals surface area contributed by atoms with Gasteiger partial charge in [0.2, 0.25) is 0 Å². The van der Waals surface area contributed by atoms with E-state index < -0.39 is 6.10 Å². The average molecular weight is 327 g/mol. The zero-order valence-corrected chi connectivity index (χ0v) is 15.0. The van der Waals surface area contributed by atoms with Crippen LogP contribution in [0.25, 0.3) is 0 Å². The Morgan fingerprint density at radius 3 is 2.42 bits per heavy atom. The van der Waals surface area contributed by atoms with Gasteiger partial charge in [0.25, 0.3) is 5.91 Å². The molecule has 0 aliphatic rings. The van der Waals surface area contributed by atoms with Crippen LogP contribution < -0.4 is 14.8 Å². The SMILES string of the molecule is CCOc1ccc(NC(=O)[C@H](C)Oc2cc(C)cc(C)c2C)cc1.